The first-order valence-corrected chi connectivity index (χ1v) is 6.36. The zero-order chi connectivity index (χ0) is 12.0. The number of ketones is 1. The fourth-order valence-corrected chi connectivity index (χ4v) is 2.01. The van der Waals surface area contributed by atoms with E-state index in [1.807, 2.05) is 38.1 Å². The van der Waals surface area contributed by atoms with Crippen molar-refractivity contribution in [3.05, 3.63) is 34.3 Å². The first-order valence-electron chi connectivity index (χ1n) is 5.56. The van der Waals surface area contributed by atoms with Gasteiger partial charge in [0.15, 0.2) is 5.78 Å². The molecule has 0 saturated carbocycles. The Labute approximate surface area is 105 Å². The number of halogens is 1. The lowest BCUT2D eigenvalue weighted by Crippen LogP contribution is -2.25. The van der Waals surface area contributed by atoms with Crippen LogP contribution in [0, 0.1) is 0 Å². The van der Waals surface area contributed by atoms with Crippen LogP contribution in [0.4, 0.5) is 0 Å². The van der Waals surface area contributed by atoms with Gasteiger partial charge in [-0.15, -0.1) is 0 Å². The molecule has 3 heteroatoms. The Hall–Kier alpha value is -0.670. The molecule has 0 radical (unpaired) electrons. The summed E-state index contributed by atoms with van der Waals surface area (Å²) in [6, 6.07) is 7.79. The molecule has 1 unspecified atom stereocenters. The molecule has 1 atom stereocenters. The fourth-order valence-electron chi connectivity index (χ4n) is 1.58. The van der Waals surface area contributed by atoms with Gasteiger partial charge in [0.1, 0.15) is 6.10 Å². The third-order valence-corrected chi connectivity index (χ3v) is 3.19. The molecule has 0 heterocycles. The van der Waals surface area contributed by atoms with Gasteiger partial charge in [-0.25, -0.2) is 0 Å². The van der Waals surface area contributed by atoms with Crippen LogP contribution in [0.25, 0.3) is 0 Å². The standard InChI is InChI=1S/C13H17BrO2/c1-3-13(16-4-2)12(15)9-10-7-5-6-8-11(10)14/h5-8,13H,3-4,9H2,1-2H3. The Morgan fingerprint density at radius 3 is 2.62 bits per heavy atom. The summed E-state index contributed by atoms with van der Waals surface area (Å²) < 4.78 is 6.38. The smallest absolute Gasteiger partial charge is 0.165 e. The minimum absolute atomic E-state index is 0.149. The van der Waals surface area contributed by atoms with Gasteiger partial charge in [-0.05, 0) is 25.0 Å². The van der Waals surface area contributed by atoms with E-state index in [1.54, 1.807) is 0 Å². The molecule has 0 amide bonds. The second-order valence-corrected chi connectivity index (χ2v) is 4.44. The SMILES string of the molecule is CCOC(CC)C(=O)Cc1ccccc1Br. The van der Waals surface area contributed by atoms with E-state index in [9.17, 15) is 4.79 Å². The maximum Gasteiger partial charge on any atom is 0.165 e. The van der Waals surface area contributed by atoms with Crippen molar-refractivity contribution in [3.63, 3.8) is 0 Å². The van der Waals surface area contributed by atoms with Gasteiger partial charge in [-0.3, -0.25) is 4.79 Å². The first kappa shape index (κ1) is 13.4. The Balaban J connectivity index is 2.66. The second kappa shape index (κ2) is 6.81. The van der Waals surface area contributed by atoms with Gasteiger partial charge in [0.25, 0.3) is 0 Å². The highest BCUT2D eigenvalue weighted by Crippen LogP contribution is 2.17. The fraction of sp³-hybridized carbons (Fsp3) is 0.462. The summed E-state index contributed by atoms with van der Waals surface area (Å²) in [5.41, 5.74) is 1.02. The van der Waals surface area contributed by atoms with Crippen LogP contribution in [0.15, 0.2) is 28.7 Å². The van der Waals surface area contributed by atoms with Crippen LogP contribution >= 0.6 is 15.9 Å². The lowest BCUT2D eigenvalue weighted by atomic mass is 10.0. The Morgan fingerprint density at radius 1 is 1.38 bits per heavy atom. The zero-order valence-corrected chi connectivity index (χ0v) is 11.3. The minimum atomic E-state index is -0.267. The van der Waals surface area contributed by atoms with Crippen LogP contribution in [-0.4, -0.2) is 18.5 Å². The predicted molar refractivity (Wildman–Crippen MR) is 68.6 cm³/mol. The van der Waals surface area contributed by atoms with Crippen molar-refractivity contribution in [2.45, 2.75) is 32.8 Å². The normalized spacial score (nSPS) is 12.4. The highest BCUT2D eigenvalue weighted by atomic mass is 79.9. The lowest BCUT2D eigenvalue weighted by Gasteiger charge is -2.14. The molecule has 0 fully saturated rings. The van der Waals surface area contributed by atoms with Gasteiger partial charge in [0.05, 0.1) is 0 Å². The summed E-state index contributed by atoms with van der Waals surface area (Å²) in [5.74, 6) is 0.149. The van der Waals surface area contributed by atoms with Crippen molar-refractivity contribution in [1.82, 2.24) is 0 Å². The van der Waals surface area contributed by atoms with Crippen LogP contribution in [0.3, 0.4) is 0 Å². The topological polar surface area (TPSA) is 26.3 Å². The number of hydrogen-bond acceptors (Lipinski definition) is 2. The Morgan fingerprint density at radius 2 is 2.06 bits per heavy atom. The highest BCUT2D eigenvalue weighted by Gasteiger charge is 2.17. The minimum Gasteiger partial charge on any atom is -0.371 e. The third kappa shape index (κ3) is 3.72. The van der Waals surface area contributed by atoms with Crippen molar-refractivity contribution >= 4 is 21.7 Å². The van der Waals surface area contributed by atoms with E-state index in [1.165, 1.54) is 0 Å². The summed E-state index contributed by atoms with van der Waals surface area (Å²) in [4.78, 5) is 11.9. The van der Waals surface area contributed by atoms with Gasteiger partial charge in [-0.2, -0.15) is 0 Å². The molecule has 0 aliphatic carbocycles. The molecule has 0 bridgehead atoms. The van der Waals surface area contributed by atoms with Gasteiger partial charge in [0, 0.05) is 17.5 Å². The monoisotopic (exact) mass is 284 g/mol. The van der Waals surface area contributed by atoms with Gasteiger partial charge >= 0.3 is 0 Å². The molecule has 88 valence electrons. The largest absolute Gasteiger partial charge is 0.371 e. The van der Waals surface area contributed by atoms with E-state index in [4.69, 9.17) is 4.74 Å². The molecule has 0 aliphatic heterocycles. The van der Waals surface area contributed by atoms with Crippen molar-refractivity contribution in [1.29, 1.82) is 0 Å². The van der Waals surface area contributed by atoms with Gasteiger partial charge < -0.3 is 4.74 Å². The molecule has 1 rings (SSSR count). The summed E-state index contributed by atoms with van der Waals surface area (Å²) in [6.45, 7) is 4.47. The molecule has 0 aromatic heterocycles. The number of rotatable bonds is 6. The second-order valence-electron chi connectivity index (χ2n) is 3.59. The van der Waals surface area contributed by atoms with Gasteiger partial charge in [0.2, 0.25) is 0 Å². The Bertz CT molecular complexity index is 350. The van der Waals surface area contributed by atoms with Crippen LogP contribution in [0.1, 0.15) is 25.8 Å². The average molecular weight is 285 g/mol. The van der Waals surface area contributed by atoms with E-state index < -0.39 is 0 Å². The van der Waals surface area contributed by atoms with Crippen molar-refractivity contribution < 1.29 is 9.53 Å². The van der Waals surface area contributed by atoms with E-state index in [2.05, 4.69) is 15.9 Å². The molecule has 1 aromatic carbocycles. The number of ether oxygens (including phenoxy) is 1. The molecule has 1 aromatic rings. The average Bonchev–Trinajstić information content (AvgIpc) is 2.29. The molecule has 0 N–H and O–H groups in total. The highest BCUT2D eigenvalue weighted by molar-refractivity contribution is 9.10. The summed E-state index contributed by atoms with van der Waals surface area (Å²) >= 11 is 3.44. The molecular formula is C13H17BrO2. The molecule has 0 spiro atoms. The van der Waals surface area contributed by atoms with Crippen LogP contribution in [0.5, 0.6) is 0 Å². The van der Waals surface area contributed by atoms with E-state index in [-0.39, 0.29) is 11.9 Å². The number of carbonyl (C=O) groups is 1. The summed E-state index contributed by atoms with van der Waals surface area (Å²) in [5, 5.41) is 0. The molecule has 16 heavy (non-hydrogen) atoms. The summed E-state index contributed by atoms with van der Waals surface area (Å²) in [6.07, 6.45) is 0.897. The van der Waals surface area contributed by atoms with Crippen molar-refractivity contribution in [3.8, 4) is 0 Å². The summed E-state index contributed by atoms with van der Waals surface area (Å²) in [7, 11) is 0. The molecule has 0 saturated heterocycles. The maximum absolute atomic E-state index is 11.9. The predicted octanol–water partition coefficient (Wildman–Crippen LogP) is 3.38. The Kier molecular flexibility index (Phi) is 5.71. The number of Topliss-reactive ketones (excluding diaryl/α,β-unsaturated/α-hetero) is 1. The number of hydrogen-bond donors (Lipinski definition) is 0. The molecular weight excluding hydrogens is 268 g/mol. The van der Waals surface area contributed by atoms with E-state index >= 15 is 0 Å². The first-order chi connectivity index (χ1) is 7.69. The van der Waals surface area contributed by atoms with Crippen LogP contribution in [-0.2, 0) is 16.0 Å². The van der Waals surface area contributed by atoms with E-state index in [0.29, 0.717) is 13.0 Å². The lowest BCUT2D eigenvalue weighted by molar-refractivity contribution is -0.129. The molecule has 2 nitrogen and oxygen atoms in total. The number of carbonyl (C=O) groups excluding carboxylic acids is 1. The van der Waals surface area contributed by atoms with Crippen LogP contribution < -0.4 is 0 Å². The zero-order valence-electron chi connectivity index (χ0n) is 9.70. The van der Waals surface area contributed by atoms with Crippen LogP contribution in [0.2, 0.25) is 0 Å². The third-order valence-electron chi connectivity index (χ3n) is 2.42. The van der Waals surface area contributed by atoms with Crippen molar-refractivity contribution in [2.24, 2.45) is 0 Å². The molecule has 0 aliphatic rings. The number of benzene rings is 1. The van der Waals surface area contributed by atoms with E-state index in [0.717, 1.165) is 16.5 Å². The quantitative estimate of drug-likeness (QED) is 0.801. The maximum atomic E-state index is 11.9. The van der Waals surface area contributed by atoms with Gasteiger partial charge in [-0.1, -0.05) is 41.1 Å². The van der Waals surface area contributed by atoms with Crippen molar-refractivity contribution in [2.75, 3.05) is 6.61 Å².